The first kappa shape index (κ1) is 12.4. The largest absolute Gasteiger partial charge is 0.390 e. The van der Waals surface area contributed by atoms with Gasteiger partial charge in [0.1, 0.15) is 17.6 Å². The SMILES string of the molecule is N#Cc1cccc(N2C[C@H](O)[C@@H](N3CCCC3)C2)n1. The summed E-state index contributed by atoms with van der Waals surface area (Å²) in [7, 11) is 0. The van der Waals surface area contributed by atoms with Crippen molar-refractivity contribution in [2.75, 3.05) is 31.1 Å². The number of likely N-dealkylation sites (tertiary alicyclic amines) is 1. The summed E-state index contributed by atoms with van der Waals surface area (Å²) in [4.78, 5) is 8.76. The van der Waals surface area contributed by atoms with Gasteiger partial charge >= 0.3 is 0 Å². The molecule has 0 bridgehead atoms. The third-order valence-electron chi connectivity index (χ3n) is 4.04. The molecule has 2 aliphatic rings. The smallest absolute Gasteiger partial charge is 0.142 e. The van der Waals surface area contributed by atoms with E-state index in [9.17, 15) is 5.11 Å². The summed E-state index contributed by atoms with van der Waals surface area (Å²) in [6, 6.07) is 7.71. The van der Waals surface area contributed by atoms with Crippen LogP contribution in [0.5, 0.6) is 0 Å². The van der Waals surface area contributed by atoms with Crippen molar-refractivity contribution in [2.45, 2.75) is 25.0 Å². The zero-order valence-electron chi connectivity index (χ0n) is 10.9. The average molecular weight is 258 g/mol. The monoisotopic (exact) mass is 258 g/mol. The van der Waals surface area contributed by atoms with Gasteiger partial charge in [-0.05, 0) is 38.1 Å². The van der Waals surface area contributed by atoms with Gasteiger partial charge in [0, 0.05) is 13.1 Å². The number of nitrogens with zero attached hydrogens (tertiary/aromatic N) is 4. The normalized spacial score (nSPS) is 27.7. The van der Waals surface area contributed by atoms with E-state index < -0.39 is 0 Å². The first-order valence-corrected chi connectivity index (χ1v) is 6.82. The molecule has 0 radical (unpaired) electrons. The topological polar surface area (TPSA) is 63.4 Å². The van der Waals surface area contributed by atoms with Gasteiger partial charge in [-0.3, -0.25) is 4.90 Å². The molecule has 0 amide bonds. The predicted molar refractivity (Wildman–Crippen MR) is 71.8 cm³/mol. The molecule has 2 aliphatic heterocycles. The molecule has 2 saturated heterocycles. The summed E-state index contributed by atoms with van der Waals surface area (Å²) in [5, 5.41) is 19.1. The molecule has 1 N–H and O–H groups in total. The van der Waals surface area contributed by atoms with Crippen molar-refractivity contribution in [1.29, 1.82) is 5.26 Å². The van der Waals surface area contributed by atoms with Crippen LogP contribution in [-0.4, -0.2) is 53.3 Å². The van der Waals surface area contributed by atoms with Crippen molar-refractivity contribution in [3.63, 3.8) is 0 Å². The second-order valence-corrected chi connectivity index (χ2v) is 5.28. The van der Waals surface area contributed by atoms with Gasteiger partial charge < -0.3 is 10.0 Å². The van der Waals surface area contributed by atoms with Crippen LogP contribution < -0.4 is 4.90 Å². The maximum absolute atomic E-state index is 10.2. The lowest BCUT2D eigenvalue weighted by Crippen LogP contribution is -2.41. The summed E-state index contributed by atoms with van der Waals surface area (Å²) in [5.41, 5.74) is 0.427. The van der Waals surface area contributed by atoms with E-state index in [2.05, 4.69) is 20.9 Å². The number of β-amino-alcohol motifs (C(OH)–C–C–N with tert-alkyl or cyclic N) is 1. The van der Waals surface area contributed by atoms with Gasteiger partial charge in [-0.25, -0.2) is 4.98 Å². The average Bonchev–Trinajstić information content (AvgIpc) is 3.07. The van der Waals surface area contributed by atoms with Crippen LogP contribution in [0.1, 0.15) is 18.5 Å². The van der Waals surface area contributed by atoms with Crippen LogP contribution in [0.3, 0.4) is 0 Å². The van der Waals surface area contributed by atoms with E-state index >= 15 is 0 Å². The molecule has 2 atom stereocenters. The Labute approximate surface area is 113 Å². The Morgan fingerprint density at radius 1 is 1.26 bits per heavy atom. The fraction of sp³-hybridized carbons (Fsp3) is 0.571. The first-order valence-electron chi connectivity index (χ1n) is 6.82. The maximum atomic E-state index is 10.2. The lowest BCUT2D eigenvalue weighted by Gasteiger charge is -2.25. The summed E-state index contributed by atoms with van der Waals surface area (Å²) in [6.45, 7) is 3.56. The van der Waals surface area contributed by atoms with Crippen LogP contribution in [0.4, 0.5) is 5.82 Å². The number of rotatable bonds is 2. The van der Waals surface area contributed by atoms with Gasteiger partial charge in [-0.1, -0.05) is 6.07 Å². The Kier molecular flexibility index (Phi) is 3.36. The molecule has 3 rings (SSSR count). The number of hydrogen-bond donors (Lipinski definition) is 1. The molecule has 0 saturated carbocycles. The minimum atomic E-state index is -0.328. The van der Waals surface area contributed by atoms with E-state index in [1.807, 2.05) is 12.1 Å². The standard InChI is InChI=1S/C14H18N4O/c15-8-11-4-3-5-14(16-11)18-9-12(13(19)10-18)17-6-1-2-7-17/h3-5,12-13,19H,1-2,6-7,9-10H2/t12-,13-/m0/s1. The Hall–Kier alpha value is -1.64. The van der Waals surface area contributed by atoms with E-state index in [0.717, 1.165) is 25.5 Å². The molecular formula is C14H18N4O. The van der Waals surface area contributed by atoms with Crippen molar-refractivity contribution in [2.24, 2.45) is 0 Å². The summed E-state index contributed by atoms with van der Waals surface area (Å²) in [6.07, 6.45) is 2.13. The summed E-state index contributed by atoms with van der Waals surface area (Å²) >= 11 is 0. The van der Waals surface area contributed by atoms with Crippen LogP contribution in [-0.2, 0) is 0 Å². The molecule has 0 unspecified atom stereocenters. The van der Waals surface area contributed by atoms with Crippen LogP contribution in [0.15, 0.2) is 18.2 Å². The summed E-state index contributed by atoms with van der Waals surface area (Å²) < 4.78 is 0. The van der Waals surface area contributed by atoms with Crippen molar-refractivity contribution in [3.8, 4) is 6.07 Å². The number of nitriles is 1. The molecule has 1 aromatic heterocycles. The van der Waals surface area contributed by atoms with Gasteiger partial charge in [0.05, 0.1) is 12.1 Å². The number of aliphatic hydroxyl groups excluding tert-OH is 1. The Morgan fingerprint density at radius 2 is 2.05 bits per heavy atom. The lowest BCUT2D eigenvalue weighted by atomic mass is 10.2. The third kappa shape index (κ3) is 2.42. The Balaban J connectivity index is 1.74. The van der Waals surface area contributed by atoms with Crippen molar-refractivity contribution < 1.29 is 5.11 Å². The molecule has 100 valence electrons. The Morgan fingerprint density at radius 3 is 2.79 bits per heavy atom. The second kappa shape index (κ2) is 5.16. The van der Waals surface area contributed by atoms with Crippen LogP contribution in [0.2, 0.25) is 0 Å². The minimum Gasteiger partial charge on any atom is -0.390 e. The van der Waals surface area contributed by atoms with Crippen LogP contribution >= 0.6 is 0 Å². The highest BCUT2D eigenvalue weighted by Crippen LogP contribution is 2.24. The molecule has 2 fully saturated rings. The molecule has 0 aromatic carbocycles. The zero-order chi connectivity index (χ0) is 13.2. The number of aliphatic hydroxyl groups is 1. The Bertz CT molecular complexity index is 492. The van der Waals surface area contributed by atoms with Crippen LogP contribution in [0.25, 0.3) is 0 Å². The van der Waals surface area contributed by atoms with Crippen molar-refractivity contribution in [1.82, 2.24) is 9.88 Å². The number of aromatic nitrogens is 1. The molecular weight excluding hydrogens is 240 g/mol. The van der Waals surface area contributed by atoms with Gasteiger partial charge in [0.2, 0.25) is 0 Å². The molecule has 1 aromatic rings. The zero-order valence-corrected chi connectivity index (χ0v) is 10.9. The van der Waals surface area contributed by atoms with E-state index in [4.69, 9.17) is 5.26 Å². The lowest BCUT2D eigenvalue weighted by molar-refractivity contribution is 0.0986. The van der Waals surface area contributed by atoms with Gasteiger partial charge in [-0.15, -0.1) is 0 Å². The molecule has 5 heteroatoms. The van der Waals surface area contributed by atoms with Crippen molar-refractivity contribution >= 4 is 5.82 Å². The van der Waals surface area contributed by atoms with Gasteiger partial charge in [-0.2, -0.15) is 5.26 Å². The highest BCUT2D eigenvalue weighted by atomic mass is 16.3. The fourth-order valence-corrected chi connectivity index (χ4v) is 3.05. The summed E-state index contributed by atoms with van der Waals surface area (Å²) in [5.74, 6) is 0.791. The highest BCUT2D eigenvalue weighted by Gasteiger charge is 2.36. The van der Waals surface area contributed by atoms with Gasteiger partial charge in [0.25, 0.3) is 0 Å². The molecule has 3 heterocycles. The van der Waals surface area contributed by atoms with Crippen molar-refractivity contribution in [3.05, 3.63) is 23.9 Å². The predicted octanol–water partition coefficient (Wildman–Crippen LogP) is 0.599. The second-order valence-electron chi connectivity index (χ2n) is 5.28. The maximum Gasteiger partial charge on any atom is 0.142 e. The minimum absolute atomic E-state index is 0.204. The van der Waals surface area contributed by atoms with E-state index in [1.165, 1.54) is 12.8 Å². The van der Waals surface area contributed by atoms with Crippen LogP contribution in [0, 0.1) is 11.3 Å². The van der Waals surface area contributed by atoms with E-state index in [0.29, 0.717) is 12.2 Å². The molecule has 19 heavy (non-hydrogen) atoms. The molecule has 5 nitrogen and oxygen atoms in total. The number of pyridine rings is 1. The molecule has 0 spiro atoms. The van der Waals surface area contributed by atoms with E-state index in [-0.39, 0.29) is 12.1 Å². The highest BCUT2D eigenvalue weighted by molar-refractivity contribution is 5.43. The number of hydrogen-bond acceptors (Lipinski definition) is 5. The quantitative estimate of drug-likeness (QED) is 0.841. The first-order chi connectivity index (χ1) is 9.28. The molecule has 0 aliphatic carbocycles. The fourth-order valence-electron chi connectivity index (χ4n) is 3.05. The van der Waals surface area contributed by atoms with Gasteiger partial charge in [0.15, 0.2) is 0 Å². The number of anilines is 1. The third-order valence-corrected chi connectivity index (χ3v) is 4.04. The van der Waals surface area contributed by atoms with E-state index in [1.54, 1.807) is 6.07 Å².